The zero-order valence-corrected chi connectivity index (χ0v) is 12.4. The van der Waals surface area contributed by atoms with Crippen molar-refractivity contribution in [2.75, 3.05) is 13.1 Å². The lowest BCUT2D eigenvalue weighted by Crippen LogP contribution is -2.40. The molecule has 0 heterocycles. The Balaban J connectivity index is 1.78. The van der Waals surface area contributed by atoms with Crippen LogP contribution in [0.3, 0.4) is 0 Å². The second-order valence-electron chi connectivity index (χ2n) is 6.89. The monoisotopic (exact) mass is 257 g/mol. The minimum absolute atomic E-state index is 0.550. The average molecular weight is 257 g/mol. The lowest BCUT2D eigenvalue weighted by atomic mass is 9.69. The molecule has 2 fully saturated rings. The van der Waals surface area contributed by atoms with E-state index >= 15 is 0 Å². The van der Waals surface area contributed by atoms with Crippen molar-refractivity contribution in [3.63, 3.8) is 0 Å². The summed E-state index contributed by atoms with van der Waals surface area (Å²) in [7, 11) is 0. The molecule has 1 aromatic rings. The Morgan fingerprint density at radius 2 is 2.00 bits per heavy atom. The van der Waals surface area contributed by atoms with Crippen molar-refractivity contribution < 1.29 is 0 Å². The van der Waals surface area contributed by atoms with Gasteiger partial charge in [-0.2, -0.15) is 0 Å². The van der Waals surface area contributed by atoms with Gasteiger partial charge in [-0.15, -0.1) is 0 Å². The Kier molecular flexibility index (Phi) is 3.66. The van der Waals surface area contributed by atoms with Gasteiger partial charge in [0, 0.05) is 6.54 Å². The zero-order valence-electron chi connectivity index (χ0n) is 12.4. The van der Waals surface area contributed by atoms with Crippen molar-refractivity contribution in [3.8, 4) is 0 Å². The molecule has 0 saturated heterocycles. The van der Waals surface area contributed by atoms with E-state index in [-0.39, 0.29) is 0 Å². The van der Waals surface area contributed by atoms with Gasteiger partial charge in [0.05, 0.1) is 0 Å². The Hall–Kier alpha value is -0.820. The molecule has 1 nitrogen and oxygen atoms in total. The highest BCUT2D eigenvalue weighted by Gasteiger charge is 2.50. The van der Waals surface area contributed by atoms with Crippen LogP contribution in [0.1, 0.15) is 43.7 Å². The average Bonchev–Trinajstić information content (AvgIpc) is 3.00. The van der Waals surface area contributed by atoms with E-state index in [1.54, 1.807) is 0 Å². The van der Waals surface area contributed by atoms with E-state index in [2.05, 4.69) is 43.4 Å². The fourth-order valence-corrected chi connectivity index (χ4v) is 4.54. The van der Waals surface area contributed by atoms with Crippen LogP contribution in [0.4, 0.5) is 0 Å². The van der Waals surface area contributed by atoms with Crippen LogP contribution in [0.15, 0.2) is 24.3 Å². The summed E-state index contributed by atoms with van der Waals surface area (Å²) in [5, 5.41) is 3.65. The van der Waals surface area contributed by atoms with Gasteiger partial charge in [0.2, 0.25) is 0 Å². The number of rotatable bonds is 5. The van der Waals surface area contributed by atoms with Crippen LogP contribution in [-0.4, -0.2) is 13.1 Å². The van der Waals surface area contributed by atoms with Crippen LogP contribution >= 0.6 is 0 Å². The topological polar surface area (TPSA) is 12.0 Å². The molecule has 0 radical (unpaired) electrons. The Morgan fingerprint density at radius 1 is 1.21 bits per heavy atom. The van der Waals surface area contributed by atoms with Gasteiger partial charge in [0.1, 0.15) is 0 Å². The lowest BCUT2D eigenvalue weighted by molar-refractivity contribution is 0.157. The lowest BCUT2D eigenvalue weighted by Gasteiger charge is -2.38. The molecule has 0 spiro atoms. The zero-order chi connectivity index (χ0) is 13.3. The van der Waals surface area contributed by atoms with E-state index in [1.807, 2.05) is 0 Å². The SMILES string of the molecule is CCNCC1(Cc2ccc(C)cc2)CC2CCC1C2. The van der Waals surface area contributed by atoms with E-state index < -0.39 is 0 Å². The predicted octanol–water partition coefficient (Wildman–Crippen LogP) is 3.95. The molecule has 2 aliphatic carbocycles. The molecular formula is C18H27N. The molecule has 2 saturated carbocycles. The van der Waals surface area contributed by atoms with Gasteiger partial charge in [0.25, 0.3) is 0 Å². The summed E-state index contributed by atoms with van der Waals surface area (Å²) in [6.07, 6.45) is 7.20. The highest BCUT2D eigenvalue weighted by atomic mass is 14.9. The Morgan fingerprint density at radius 3 is 2.58 bits per heavy atom. The minimum atomic E-state index is 0.550. The molecule has 104 valence electrons. The third-order valence-electron chi connectivity index (χ3n) is 5.51. The van der Waals surface area contributed by atoms with Crippen LogP contribution in [0.5, 0.6) is 0 Å². The maximum atomic E-state index is 3.65. The fraction of sp³-hybridized carbons (Fsp3) is 0.667. The van der Waals surface area contributed by atoms with Crippen molar-refractivity contribution in [3.05, 3.63) is 35.4 Å². The Bertz CT molecular complexity index is 422. The number of fused-ring (bicyclic) bond motifs is 2. The molecule has 2 aliphatic rings. The normalized spacial score (nSPS) is 32.9. The summed E-state index contributed by atoms with van der Waals surface area (Å²) < 4.78 is 0. The number of hydrogen-bond acceptors (Lipinski definition) is 1. The van der Waals surface area contributed by atoms with Gasteiger partial charge in [0.15, 0.2) is 0 Å². The van der Waals surface area contributed by atoms with Crippen molar-refractivity contribution in [2.45, 2.75) is 46.0 Å². The number of aryl methyl sites for hydroxylation is 1. The summed E-state index contributed by atoms with van der Waals surface area (Å²) in [5.74, 6) is 1.99. The van der Waals surface area contributed by atoms with Crippen LogP contribution in [0.2, 0.25) is 0 Å². The summed E-state index contributed by atoms with van der Waals surface area (Å²) in [6, 6.07) is 9.22. The maximum absolute atomic E-state index is 3.65. The van der Waals surface area contributed by atoms with Crippen LogP contribution < -0.4 is 5.32 Å². The molecule has 3 unspecified atom stereocenters. The minimum Gasteiger partial charge on any atom is -0.316 e. The molecular weight excluding hydrogens is 230 g/mol. The fourth-order valence-electron chi connectivity index (χ4n) is 4.54. The van der Waals surface area contributed by atoms with Gasteiger partial charge in [-0.1, -0.05) is 43.2 Å². The van der Waals surface area contributed by atoms with Gasteiger partial charge in [-0.25, -0.2) is 0 Å². The molecule has 2 bridgehead atoms. The first-order valence-electron chi connectivity index (χ1n) is 7.98. The largest absolute Gasteiger partial charge is 0.316 e. The first kappa shape index (κ1) is 13.2. The second-order valence-corrected chi connectivity index (χ2v) is 6.89. The molecule has 3 rings (SSSR count). The predicted molar refractivity (Wildman–Crippen MR) is 81.3 cm³/mol. The van der Waals surface area contributed by atoms with Gasteiger partial charge in [-0.3, -0.25) is 0 Å². The highest BCUT2D eigenvalue weighted by molar-refractivity contribution is 5.23. The standard InChI is InChI=1S/C18H27N/c1-3-19-13-18(12-16-8-9-17(18)10-16)11-15-6-4-14(2)5-7-15/h4-7,16-17,19H,3,8-13H2,1-2H3. The van der Waals surface area contributed by atoms with E-state index in [0.717, 1.165) is 18.4 Å². The molecule has 0 amide bonds. The Labute approximate surface area is 117 Å². The van der Waals surface area contributed by atoms with Crippen molar-refractivity contribution in [2.24, 2.45) is 17.3 Å². The molecule has 19 heavy (non-hydrogen) atoms. The summed E-state index contributed by atoms with van der Waals surface area (Å²) in [4.78, 5) is 0. The second kappa shape index (κ2) is 5.28. The van der Waals surface area contributed by atoms with Gasteiger partial charge in [-0.05, 0) is 62.0 Å². The number of benzene rings is 1. The quantitative estimate of drug-likeness (QED) is 0.842. The van der Waals surface area contributed by atoms with Crippen molar-refractivity contribution >= 4 is 0 Å². The molecule has 1 N–H and O–H groups in total. The van der Waals surface area contributed by atoms with Crippen LogP contribution in [0.25, 0.3) is 0 Å². The maximum Gasteiger partial charge on any atom is 0.00136 e. The third-order valence-corrected chi connectivity index (χ3v) is 5.51. The molecule has 1 aromatic carbocycles. The van der Waals surface area contributed by atoms with E-state index in [4.69, 9.17) is 0 Å². The molecule has 3 atom stereocenters. The summed E-state index contributed by atoms with van der Waals surface area (Å²) >= 11 is 0. The van der Waals surface area contributed by atoms with Crippen molar-refractivity contribution in [1.29, 1.82) is 0 Å². The van der Waals surface area contributed by atoms with Crippen LogP contribution in [0, 0.1) is 24.2 Å². The van der Waals surface area contributed by atoms with Gasteiger partial charge >= 0.3 is 0 Å². The third kappa shape index (κ3) is 2.58. The first-order valence-corrected chi connectivity index (χ1v) is 7.98. The highest BCUT2D eigenvalue weighted by Crippen LogP contribution is 2.57. The number of hydrogen-bond donors (Lipinski definition) is 1. The first-order chi connectivity index (χ1) is 9.22. The van der Waals surface area contributed by atoms with Gasteiger partial charge < -0.3 is 5.32 Å². The van der Waals surface area contributed by atoms with E-state index in [0.29, 0.717) is 5.41 Å². The van der Waals surface area contributed by atoms with Crippen LogP contribution in [-0.2, 0) is 6.42 Å². The molecule has 0 aromatic heterocycles. The number of nitrogens with one attached hydrogen (secondary N) is 1. The molecule has 0 aliphatic heterocycles. The van der Waals surface area contributed by atoms with Crippen molar-refractivity contribution in [1.82, 2.24) is 5.32 Å². The van der Waals surface area contributed by atoms with E-state index in [1.165, 1.54) is 49.8 Å². The summed E-state index contributed by atoms with van der Waals surface area (Å²) in [6.45, 7) is 6.73. The summed E-state index contributed by atoms with van der Waals surface area (Å²) in [5.41, 5.74) is 3.46. The smallest absolute Gasteiger partial charge is 0.00136 e. The molecule has 1 heteroatoms. The van der Waals surface area contributed by atoms with E-state index in [9.17, 15) is 0 Å².